The van der Waals surface area contributed by atoms with Crippen LogP contribution in [0.15, 0.2) is 24.3 Å². The number of benzene rings is 1. The highest BCUT2D eigenvalue weighted by atomic mass is 16.5. The van der Waals surface area contributed by atoms with Crippen molar-refractivity contribution < 1.29 is 24.5 Å². The van der Waals surface area contributed by atoms with Crippen molar-refractivity contribution in [1.29, 1.82) is 0 Å². The molecular weight excluding hydrogens is 348 g/mol. The zero-order valence-corrected chi connectivity index (χ0v) is 16.0. The first kappa shape index (κ1) is 21.3. The van der Waals surface area contributed by atoms with Crippen molar-refractivity contribution in [2.75, 3.05) is 39.4 Å². The van der Waals surface area contributed by atoms with E-state index in [0.29, 0.717) is 0 Å². The molecule has 2 N–H and O–H groups in total. The summed E-state index contributed by atoms with van der Waals surface area (Å²) < 4.78 is 5.46. The maximum Gasteiger partial charge on any atom is 0.414 e. The van der Waals surface area contributed by atoms with Crippen molar-refractivity contribution in [2.45, 2.75) is 38.8 Å². The van der Waals surface area contributed by atoms with E-state index in [9.17, 15) is 0 Å². The van der Waals surface area contributed by atoms with Gasteiger partial charge in [0.25, 0.3) is 0 Å². The van der Waals surface area contributed by atoms with E-state index >= 15 is 0 Å². The van der Waals surface area contributed by atoms with Gasteiger partial charge in [-0.3, -0.25) is 9.80 Å². The minimum absolute atomic E-state index is 0.785. The second-order valence-electron chi connectivity index (χ2n) is 6.94. The minimum Gasteiger partial charge on any atom is -0.473 e. The van der Waals surface area contributed by atoms with Gasteiger partial charge in [-0.25, -0.2) is 9.59 Å². The number of rotatable bonds is 4. The lowest BCUT2D eigenvalue weighted by atomic mass is 10.0. The number of aryl methyl sites for hydroxylation is 1. The summed E-state index contributed by atoms with van der Waals surface area (Å²) >= 11 is 0. The fraction of sp³-hybridized carbons (Fsp3) is 0.600. The Labute approximate surface area is 160 Å². The predicted octanol–water partition coefficient (Wildman–Crippen LogP) is 1.70. The number of carboxylic acid groups (broad SMARTS) is 2. The van der Waals surface area contributed by atoms with Crippen molar-refractivity contribution in [1.82, 2.24) is 9.80 Å². The van der Waals surface area contributed by atoms with Crippen LogP contribution in [-0.2, 0) is 27.3 Å². The Morgan fingerprint density at radius 1 is 0.963 bits per heavy atom. The number of likely N-dealkylation sites (tertiary alicyclic amines) is 1. The summed E-state index contributed by atoms with van der Waals surface area (Å²) in [6.07, 6.45) is 3.76. The van der Waals surface area contributed by atoms with Gasteiger partial charge in [0, 0.05) is 25.7 Å². The summed E-state index contributed by atoms with van der Waals surface area (Å²) in [5, 5.41) is 14.8. The highest BCUT2D eigenvalue weighted by molar-refractivity contribution is 6.27. The second-order valence-corrected chi connectivity index (χ2v) is 6.94. The highest BCUT2D eigenvalue weighted by Gasteiger charge is 2.25. The fourth-order valence-corrected chi connectivity index (χ4v) is 3.52. The number of piperidine rings is 1. The largest absolute Gasteiger partial charge is 0.473 e. The maximum absolute atomic E-state index is 9.10. The van der Waals surface area contributed by atoms with Crippen molar-refractivity contribution >= 4 is 11.9 Å². The molecule has 2 aliphatic heterocycles. The summed E-state index contributed by atoms with van der Waals surface area (Å²) in [5.41, 5.74) is 2.89. The van der Waals surface area contributed by atoms with Crippen molar-refractivity contribution in [3.8, 4) is 0 Å². The zero-order valence-electron chi connectivity index (χ0n) is 16.0. The quantitative estimate of drug-likeness (QED) is 0.771. The Balaban J connectivity index is 0.000000380. The average molecular weight is 378 g/mol. The first-order chi connectivity index (χ1) is 13.0. The second kappa shape index (κ2) is 11.0. The summed E-state index contributed by atoms with van der Waals surface area (Å²) in [7, 11) is 0. The molecule has 2 aliphatic rings. The van der Waals surface area contributed by atoms with E-state index in [-0.39, 0.29) is 0 Å². The predicted molar refractivity (Wildman–Crippen MR) is 102 cm³/mol. The first-order valence-electron chi connectivity index (χ1n) is 9.57. The molecule has 0 radical (unpaired) electrons. The molecule has 1 aromatic rings. The van der Waals surface area contributed by atoms with E-state index < -0.39 is 11.9 Å². The lowest BCUT2D eigenvalue weighted by Gasteiger charge is -2.40. The smallest absolute Gasteiger partial charge is 0.414 e. The van der Waals surface area contributed by atoms with Crippen LogP contribution in [-0.4, -0.2) is 77.4 Å². The van der Waals surface area contributed by atoms with E-state index in [1.165, 1.54) is 37.1 Å². The third-order valence-corrected chi connectivity index (χ3v) is 5.14. The molecule has 3 rings (SSSR count). The maximum atomic E-state index is 9.10. The normalized spacial score (nSPS) is 19.1. The number of hydrogen-bond acceptors (Lipinski definition) is 5. The van der Waals surface area contributed by atoms with Crippen LogP contribution < -0.4 is 0 Å². The van der Waals surface area contributed by atoms with Gasteiger partial charge in [-0.15, -0.1) is 0 Å². The number of morpholine rings is 1. The SMILES string of the molecule is CCc1ccc(CN2CCC(N3CCOCC3)CC2)cc1.O=C(O)C(=O)O. The highest BCUT2D eigenvalue weighted by Crippen LogP contribution is 2.19. The molecule has 1 aromatic carbocycles. The molecule has 0 spiro atoms. The van der Waals surface area contributed by atoms with Crippen LogP contribution in [0.1, 0.15) is 30.9 Å². The van der Waals surface area contributed by atoms with Crippen LogP contribution in [0.2, 0.25) is 0 Å². The standard InChI is InChI=1S/C18H28N2O.C2H2O4/c1-2-16-3-5-17(6-4-16)15-19-9-7-18(8-10-19)20-11-13-21-14-12-20;3-1(4)2(5)6/h3-6,18H,2,7-15H2,1H3;(H,3,4)(H,5,6). The van der Waals surface area contributed by atoms with Crippen molar-refractivity contribution in [3.05, 3.63) is 35.4 Å². The van der Waals surface area contributed by atoms with Gasteiger partial charge >= 0.3 is 11.9 Å². The van der Waals surface area contributed by atoms with Crippen LogP contribution >= 0.6 is 0 Å². The van der Waals surface area contributed by atoms with Gasteiger partial charge < -0.3 is 14.9 Å². The number of aliphatic carboxylic acids is 2. The Kier molecular flexibility index (Phi) is 8.71. The molecule has 27 heavy (non-hydrogen) atoms. The van der Waals surface area contributed by atoms with Crippen LogP contribution in [0.25, 0.3) is 0 Å². The molecule has 0 bridgehead atoms. The molecule has 7 nitrogen and oxygen atoms in total. The Hall–Kier alpha value is -1.96. The molecule has 2 saturated heterocycles. The summed E-state index contributed by atoms with van der Waals surface area (Å²) in [4.78, 5) is 23.4. The summed E-state index contributed by atoms with van der Waals surface area (Å²) in [6, 6.07) is 9.93. The summed E-state index contributed by atoms with van der Waals surface area (Å²) in [5.74, 6) is -3.65. The monoisotopic (exact) mass is 378 g/mol. The van der Waals surface area contributed by atoms with Gasteiger partial charge in [0.15, 0.2) is 0 Å². The lowest BCUT2D eigenvalue weighted by molar-refractivity contribution is -0.159. The van der Waals surface area contributed by atoms with E-state index in [2.05, 4.69) is 41.0 Å². The van der Waals surface area contributed by atoms with Gasteiger partial charge in [-0.05, 0) is 43.5 Å². The van der Waals surface area contributed by atoms with Gasteiger partial charge in [0.1, 0.15) is 0 Å². The minimum atomic E-state index is -1.82. The fourth-order valence-electron chi connectivity index (χ4n) is 3.52. The number of carbonyl (C=O) groups is 2. The summed E-state index contributed by atoms with van der Waals surface area (Å²) in [6.45, 7) is 9.89. The number of hydrogen-bond donors (Lipinski definition) is 2. The number of carboxylic acids is 2. The molecule has 0 unspecified atom stereocenters. The van der Waals surface area contributed by atoms with Gasteiger partial charge in [0.2, 0.25) is 0 Å². The Morgan fingerprint density at radius 2 is 1.48 bits per heavy atom. The first-order valence-corrected chi connectivity index (χ1v) is 9.57. The molecule has 7 heteroatoms. The Morgan fingerprint density at radius 3 is 1.96 bits per heavy atom. The van der Waals surface area contributed by atoms with Gasteiger partial charge in [0.05, 0.1) is 13.2 Å². The van der Waals surface area contributed by atoms with Gasteiger partial charge in [-0.2, -0.15) is 0 Å². The molecule has 0 saturated carbocycles. The van der Waals surface area contributed by atoms with Crippen molar-refractivity contribution in [3.63, 3.8) is 0 Å². The van der Waals surface area contributed by atoms with E-state index in [1.807, 2.05) is 0 Å². The average Bonchev–Trinajstić information content (AvgIpc) is 2.70. The van der Waals surface area contributed by atoms with Crippen molar-refractivity contribution in [2.24, 2.45) is 0 Å². The molecule has 0 amide bonds. The molecular formula is C20H30N2O5. The third kappa shape index (κ3) is 7.28. The molecule has 2 fully saturated rings. The number of nitrogens with zero attached hydrogens (tertiary/aromatic N) is 2. The Bertz CT molecular complexity index is 579. The molecule has 0 atom stereocenters. The van der Waals surface area contributed by atoms with E-state index in [0.717, 1.165) is 45.3 Å². The van der Waals surface area contributed by atoms with E-state index in [1.54, 1.807) is 0 Å². The van der Waals surface area contributed by atoms with Crippen LogP contribution in [0.3, 0.4) is 0 Å². The zero-order chi connectivity index (χ0) is 19.6. The topological polar surface area (TPSA) is 90.3 Å². The molecule has 150 valence electrons. The molecule has 0 aromatic heterocycles. The van der Waals surface area contributed by atoms with E-state index in [4.69, 9.17) is 24.5 Å². The molecule has 0 aliphatic carbocycles. The van der Waals surface area contributed by atoms with Crippen LogP contribution in [0, 0.1) is 0 Å². The van der Waals surface area contributed by atoms with Gasteiger partial charge in [-0.1, -0.05) is 31.2 Å². The van der Waals surface area contributed by atoms with Crippen LogP contribution in [0.4, 0.5) is 0 Å². The van der Waals surface area contributed by atoms with Crippen LogP contribution in [0.5, 0.6) is 0 Å². The molecule has 2 heterocycles. The lowest BCUT2D eigenvalue weighted by Crippen LogP contribution is -2.48. The number of ether oxygens (including phenoxy) is 1. The third-order valence-electron chi connectivity index (χ3n) is 5.14.